The van der Waals surface area contributed by atoms with Crippen molar-refractivity contribution in [2.24, 2.45) is 0 Å². The number of rotatable bonds is 68. The Hall–Kier alpha value is -2.37. The summed E-state index contributed by atoms with van der Waals surface area (Å²) in [5.41, 5.74) is 0. The second-order valence-electron chi connectivity index (χ2n) is 24.9. The summed E-state index contributed by atoms with van der Waals surface area (Å²) in [5, 5.41) is 0. The van der Waals surface area contributed by atoms with Gasteiger partial charge in [0.2, 0.25) is 0 Å². The van der Waals surface area contributed by atoms with Crippen molar-refractivity contribution in [2.75, 3.05) is 13.2 Å². The Morgan fingerprint density at radius 1 is 0.247 bits per heavy atom. The van der Waals surface area contributed by atoms with Gasteiger partial charge in [-0.1, -0.05) is 346 Å². The first-order chi connectivity index (χ1) is 40.0. The summed E-state index contributed by atoms with van der Waals surface area (Å²) < 4.78 is 17.0. The minimum atomic E-state index is -0.773. The van der Waals surface area contributed by atoms with E-state index in [0.717, 1.165) is 70.6 Å². The summed E-state index contributed by atoms with van der Waals surface area (Å²) in [7, 11) is 0. The van der Waals surface area contributed by atoms with Gasteiger partial charge in [0, 0.05) is 19.3 Å². The fourth-order valence-corrected chi connectivity index (χ4v) is 11.1. The van der Waals surface area contributed by atoms with Crippen LogP contribution in [0.5, 0.6) is 0 Å². The lowest BCUT2D eigenvalue weighted by molar-refractivity contribution is -0.167. The molecule has 0 fully saturated rings. The van der Waals surface area contributed by atoms with Gasteiger partial charge in [0.25, 0.3) is 0 Å². The molecule has 0 saturated carbocycles. The molecule has 0 aliphatic carbocycles. The molecule has 1 atom stereocenters. The van der Waals surface area contributed by atoms with Crippen LogP contribution in [-0.2, 0) is 28.6 Å². The number of allylic oxidation sites excluding steroid dienone is 6. The van der Waals surface area contributed by atoms with E-state index in [4.69, 9.17) is 14.2 Å². The number of carbonyl (C=O) groups excluding carboxylic acids is 3. The molecule has 81 heavy (non-hydrogen) atoms. The number of carbonyl (C=O) groups is 3. The van der Waals surface area contributed by atoms with E-state index in [2.05, 4.69) is 57.2 Å². The van der Waals surface area contributed by atoms with Crippen LogP contribution in [0.2, 0.25) is 0 Å². The minimum absolute atomic E-state index is 0.0689. The highest BCUT2D eigenvalue weighted by Gasteiger charge is 2.19. The summed E-state index contributed by atoms with van der Waals surface area (Å²) in [4.78, 5) is 38.4. The predicted octanol–water partition coefficient (Wildman–Crippen LogP) is 25.1. The van der Waals surface area contributed by atoms with Crippen LogP contribution in [0.3, 0.4) is 0 Å². The molecule has 6 nitrogen and oxygen atoms in total. The van der Waals surface area contributed by atoms with E-state index >= 15 is 0 Å². The van der Waals surface area contributed by atoms with Gasteiger partial charge in [-0.05, 0) is 77.0 Å². The van der Waals surface area contributed by atoms with E-state index in [1.54, 1.807) is 0 Å². The SMILES string of the molecule is CCCCCCC/C=C\C/C=C\CCCCCCCCCCCCCCCCCCCCCCCC(=O)OCC(COC(=O)CCCCCCCCCCCCCCCC)OC(=O)CCCCCCC/C=C\CCCCCCCCC. The number of hydrogen-bond acceptors (Lipinski definition) is 6. The van der Waals surface area contributed by atoms with Crippen molar-refractivity contribution in [2.45, 2.75) is 412 Å². The molecule has 0 aromatic rings. The maximum absolute atomic E-state index is 12.9. The van der Waals surface area contributed by atoms with Gasteiger partial charge in [-0.25, -0.2) is 0 Å². The van der Waals surface area contributed by atoms with E-state index in [1.165, 1.54) is 295 Å². The third-order valence-corrected chi connectivity index (χ3v) is 16.6. The Morgan fingerprint density at radius 2 is 0.444 bits per heavy atom. The zero-order valence-corrected chi connectivity index (χ0v) is 54.8. The van der Waals surface area contributed by atoms with Crippen LogP contribution in [0.25, 0.3) is 0 Å². The normalized spacial score (nSPS) is 12.2. The minimum Gasteiger partial charge on any atom is -0.462 e. The molecule has 0 spiro atoms. The van der Waals surface area contributed by atoms with Gasteiger partial charge in [0.05, 0.1) is 0 Å². The van der Waals surface area contributed by atoms with Crippen LogP contribution < -0.4 is 0 Å². The fourth-order valence-electron chi connectivity index (χ4n) is 11.1. The lowest BCUT2D eigenvalue weighted by Gasteiger charge is -2.18. The largest absolute Gasteiger partial charge is 0.462 e. The Balaban J connectivity index is 4.11. The molecule has 0 amide bonds. The van der Waals surface area contributed by atoms with Gasteiger partial charge in [-0.2, -0.15) is 0 Å². The van der Waals surface area contributed by atoms with Crippen LogP contribution in [-0.4, -0.2) is 37.2 Å². The van der Waals surface area contributed by atoms with Crippen molar-refractivity contribution in [1.29, 1.82) is 0 Å². The van der Waals surface area contributed by atoms with Crippen molar-refractivity contribution in [3.05, 3.63) is 36.5 Å². The summed E-state index contributed by atoms with van der Waals surface area (Å²) in [6.45, 7) is 6.69. The molecule has 0 aliphatic heterocycles. The zero-order chi connectivity index (χ0) is 58.5. The van der Waals surface area contributed by atoms with E-state index in [-0.39, 0.29) is 31.1 Å². The maximum Gasteiger partial charge on any atom is 0.306 e. The third-order valence-electron chi connectivity index (χ3n) is 16.6. The van der Waals surface area contributed by atoms with Gasteiger partial charge in [0.1, 0.15) is 13.2 Å². The molecule has 1 unspecified atom stereocenters. The van der Waals surface area contributed by atoms with Crippen molar-refractivity contribution >= 4 is 17.9 Å². The van der Waals surface area contributed by atoms with Crippen molar-refractivity contribution in [1.82, 2.24) is 0 Å². The first kappa shape index (κ1) is 78.6. The van der Waals surface area contributed by atoms with Crippen LogP contribution in [0.4, 0.5) is 0 Å². The third kappa shape index (κ3) is 68.3. The molecule has 0 N–H and O–H groups in total. The van der Waals surface area contributed by atoms with Gasteiger partial charge >= 0.3 is 17.9 Å². The quantitative estimate of drug-likeness (QED) is 0.0261. The highest BCUT2D eigenvalue weighted by atomic mass is 16.6. The summed E-state index contributed by atoms with van der Waals surface area (Å²) in [6, 6.07) is 0. The number of ether oxygens (including phenoxy) is 3. The molecular weight excluding hydrogens is 997 g/mol. The van der Waals surface area contributed by atoms with Gasteiger partial charge in [-0.15, -0.1) is 0 Å². The van der Waals surface area contributed by atoms with E-state index in [9.17, 15) is 14.4 Å². The lowest BCUT2D eigenvalue weighted by atomic mass is 10.0. The van der Waals surface area contributed by atoms with Crippen LogP contribution in [0, 0.1) is 0 Å². The van der Waals surface area contributed by atoms with Gasteiger partial charge in [0.15, 0.2) is 6.10 Å². The zero-order valence-electron chi connectivity index (χ0n) is 54.8. The average Bonchev–Trinajstić information content (AvgIpc) is 3.47. The van der Waals surface area contributed by atoms with Crippen LogP contribution >= 0.6 is 0 Å². The van der Waals surface area contributed by atoms with Crippen LogP contribution in [0.1, 0.15) is 406 Å². The predicted molar refractivity (Wildman–Crippen MR) is 353 cm³/mol. The standard InChI is InChI=1S/C75H140O6/c1-4-7-10-13-16-19-22-25-28-30-31-32-33-34-35-36-37-38-39-40-41-42-43-44-45-46-48-50-53-56-59-62-65-68-74(77)80-71-72(70-79-73(76)67-64-61-58-55-52-49-27-24-21-18-15-12-9-6-3)81-75(78)69-66-63-60-57-54-51-47-29-26-23-20-17-14-11-8-5-2/h22,25,29-31,47,72H,4-21,23-24,26-28,32-46,48-71H2,1-3H3/b25-22-,31-30-,47-29-. The first-order valence-corrected chi connectivity index (χ1v) is 36.5. The molecule has 0 aromatic carbocycles. The van der Waals surface area contributed by atoms with E-state index in [0.29, 0.717) is 19.3 Å². The molecule has 0 saturated heterocycles. The molecule has 6 heteroatoms. The molecule has 0 radical (unpaired) electrons. The molecular formula is C75H140O6. The molecule has 0 heterocycles. The number of hydrogen-bond donors (Lipinski definition) is 0. The van der Waals surface area contributed by atoms with Crippen molar-refractivity contribution in [3.63, 3.8) is 0 Å². The first-order valence-electron chi connectivity index (χ1n) is 36.5. The highest BCUT2D eigenvalue weighted by Crippen LogP contribution is 2.19. The maximum atomic E-state index is 12.9. The molecule has 0 rings (SSSR count). The smallest absolute Gasteiger partial charge is 0.306 e. The monoisotopic (exact) mass is 1140 g/mol. The van der Waals surface area contributed by atoms with E-state index < -0.39 is 6.10 Å². The second kappa shape index (κ2) is 70.1. The van der Waals surface area contributed by atoms with Crippen molar-refractivity contribution in [3.8, 4) is 0 Å². The summed E-state index contributed by atoms with van der Waals surface area (Å²) in [6.07, 6.45) is 87.6. The number of unbranched alkanes of at least 4 members (excludes halogenated alkanes) is 51. The molecule has 476 valence electrons. The van der Waals surface area contributed by atoms with Crippen molar-refractivity contribution < 1.29 is 28.6 Å². The average molecular weight is 1140 g/mol. The Bertz CT molecular complexity index is 1350. The van der Waals surface area contributed by atoms with Crippen LogP contribution in [0.15, 0.2) is 36.5 Å². The number of esters is 3. The topological polar surface area (TPSA) is 78.9 Å². The fraction of sp³-hybridized carbons (Fsp3) is 0.880. The highest BCUT2D eigenvalue weighted by molar-refractivity contribution is 5.71. The van der Waals surface area contributed by atoms with E-state index in [1.807, 2.05) is 0 Å². The molecule has 0 bridgehead atoms. The summed E-state index contributed by atoms with van der Waals surface area (Å²) >= 11 is 0. The molecule has 0 aromatic heterocycles. The Kier molecular flexibility index (Phi) is 68.1. The second-order valence-corrected chi connectivity index (χ2v) is 24.9. The van der Waals surface area contributed by atoms with Gasteiger partial charge in [-0.3, -0.25) is 14.4 Å². The Morgan fingerprint density at radius 3 is 0.691 bits per heavy atom. The lowest BCUT2D eigenvalue weighted by Crippen LogP contribution is -2.30. The van der Waals surface area contributed by atoms with Gasteiger partial charge < -0.3 is 14.2 Å². The summed E-state index contributed by atoms with van der Waals surface area (Å²) in [5.74, 6) is -0.847. The Labute approximate surface area is 506 Å². The molecule has 0 aliphatic rings.